The Kier molecular flexibility index (Phi) is 4.44. The Hall–Kier alpha value is -3.00. The third-order valence-corrected chi connectivity index (χ3v) is 3.60. The van der Waals surface area contributed by atoms with Crippen molar-refractivity contribution in [3.63, 3.8) is 0 Å². The van der Waals surface area contributed by atoms with Crippen LogP contribution in [0.15, 0.2) is 42.5 Å². The van der Waals surface area contributed by atoms with E-state index in [4.69, 9.17) is 14.7 Å². The van der Waals surface area contributed by atoms with Gasteiger partial charge in [0.25, 0.3) is 0 Å². The standard InChI is InChI=1S/C18H16N2O3/c19-10-9-13-1-5-15(6-2-13)20-18(21)8-4-14-3-7-16-17(11-14)23-12-22-16/h1-3,5-7,11H,4,8-9,12H2,(H,20,21). The number of hydrogen-bond acceptors (Lipinski definition) is 4. The zero-order valence-electron chi connectivity index (χ0n) is 12.5. The number of anilines is 1. The van der Waals surface area contributed by atoms with E-state index in [1.54, 1.807) is 0 Å². The Morgan fingerprint density at radius 1 is 1.09 bits per heavy atom. The van der Waals surface area contributed by atoms with Crippen molar-refractivity contribution in [3.8, 4) is 17.6 Å². The van der Waals surface area contributed by atoms with Gasteiger partial charge in [-0.3, -0.25) is 4.79 Å². The van der Waals surface area contributed by atoms with E-state index in [9.17, 15) is 4.79 Å². The van der Waals surface area contributed by atoms with Crippen molar-refractivity contribution < 1.29 is 14.3 Å². The summed E-state index contributed by atoms with van der Waals surface area (Å²) >= 11 is 0. The number of ether oxygens (including phenoxy) is 2. The molecule has 1 amide bonds. The molecular weight excluding hydrogens is 292 g/mol. The van der Waals surface area contributed by atoms with Crippen LogP contribution in [0, 0.1) is 11.3 Å². The van der Waals surface area contributed by atoms with E-state index in [2.05, 4.69) is 11.4 Å². The molecule has 3 rings (SSSR count). The van der Waals surface area contributed by atoms with E-state index in [0.717, 1.165) is 28.3 Å². The molecule has 2 aromatic carbocycles. The summed E-state index contributed by atoms with van der Waals surface area (Å²) in [5, 5.41) is 11.5. The number of nitriles is 1. The summed E-state index contributed by atoms with van der Waals surface area (Å²) in [6, 6.07) is 15.1. The average Bonchev–Trinajstić information content (AvgIpc) is 3.03. The van der Waals surface area contributed by atoms with Crippen LogP contribution < -0.4 is 14.8 Å². The van der Waals surface area contributed by atoms with Crippen LogP contribution in [0.3, 0.4) is 0 Å². The second-order valence-corrected chi connectivity index (χ2v) is 5.27. The van der Waals surface area contributed by atoms with E-state index in [0.29, 0.717) is 19.3 Å². The molecule has 0 unspecified atom stereocenters. The van der Waals surface area contributed by atoms with Crippen LogP contribution in [0.5, 0.6) is 11.5 Å². The molecule has 0 fully saturated rings. The summed E-state index contributed by atoms with van der Waals surface area (Å²) in [6.45, 7) is 0.251. The number of benzene rings is 2. The van der Waals surface area contributed by atoms with Gasteiger partial charge in [-0.05, 0) is 41.8 Å². The van der Waals surface area contributed by atoms with Gasteiger partial charge < -0.3 is 14.8 Å². The van der Waals surface area contributed by atoms with Gasteiger partial charge in [-0.2, -0.15) is 5.26 Å². The first kappa shape index (κ1) is 14.9. The lowest BCUT2D eigenvalue weighted by atomic mass is 10.1. The molecule has 2 aromatic rings. The fraction of sp³-hybridized carbons (Fsp3) is 0.222. The van der Waals surface area contributed by atoms with Crippen LogP contribution in [-0.4, -0.2) is 12.7 Å². The predicted molar refractivity (Wildman–Crippen MR) is 85.3 cm³/mol. The first-order valence-corrected chi connectivity index (χ1v) is 7.39. The Balaban J connectivity index is 1.52. The predicted octanol–water partition coefficient (Wildman–Crippen LogP) is 3.05. The van der Waals surface area contributed by atoms with Crippen molar-refractivity contribution in [1.29, 1.82) is 5.26 Å². The third-order valence-electron chi connectivity index (χ3n) is 3.60. The summed E-state index contributed by atoms with van der Waals surface area (Å²) < 4.78 is 10.6. The maximum atomic E-state index is 12.0. The molecule has 0 bridgehead atoms. The quantitative estimate of drug-likeness (QED) is 0.921. The van der Waals surface area contributed by atoms with E-state index in [1.807, 2.05) is 42.5 Å². The van der Waals surface area contributed by atoms with Crippen LogP contribution in [0.1, 0.15) is 17.5 Å². The maximum Gasteiger partial charge on any atom is 0.231 e. The molecule has 5 nitrogen and oxygen atoms in total. The second kappa shape index (κ2) is 6.84. The molecule has 0 aliphatic carbocycles. The third kappa shape index (κ3) is 3.80. The van der Waals surface area contributed by atoms with Gasteiger partial charge in [0, 0.05) is 12.1 Å². The molecule has 1 N–H and O–H groups in total. The number of aryl methyl sites for hydroxylation is 1. The second-order valence-electron chi connectivity index (χ2n) is 5.27. The molecule has 0 saturated carbocycles. The van der Waals surface area contributed by atoms with E-state index in [1.165, 1.54) is 0 Å². The minimum Gasteiger partial charge on any atom is -0.454 e. The molecule has 1 heterocycles. The summed E-state index contributed by atoms with van der Waals surface area (Å²) in [5.74, 6) is 1.43. The summed E-state index contributed by atoms with van der Waals surface area (Å²) in [6.07, 6.45) is 1.40. The van der Waals surface area contributed by atoms with Gasteiger partial charge in [-0.25, -0.2) is 0 Å². The molecule has 5 heteroatoms. The number of fused-ring (bicyclic) bond motifs is 1. The molecule has 23 heavy (non-hydrogen) atoms. The van der Waals surface area contributed by atoms with Crippen LogP contribution in [-0.2, 0) is 17.6 Å². The Morgan fingerprint density at radius 2 is 1.83 bits per heavy atom. The zero-order chi connectivity index (χ0) is 16.1. The van der Waals surface area contributed by atoms with Crippen molar-refractivity contribution in [1.82, 2.24) is 0 Å². The van der Waals surface area contributed by atoms with Gasteiger partial charge in [0.2, 0.25) is 12.7 Å². The summed E-state index contributed by atoms with van der Waals surface area (Å²) in [4.78, 5) is 12.0. The molecule has 0 spiro atoms. The fourth-order valence-electron chi connectivity index (χ4n) is 2.38. The van der Waals surface area contributed by atoms with Gasteiger partial charge in [-0.15, -0.1) is 0 Å². The SMILES string of the molecule is N#CCc1ccc(NC(=O)CCc2ccc3c(c2)OCO3)cc1. The van der Waals surface area contributed by atoms with Crippen molar-refractivity contribution in [2.45, 2.75) is 19.3 Å². The van der Waals surface area contributed by atoms with Gasteiger partial charge in [0.1, 0.15) is 0 Å². The Bertz CT molecular complexity index is 748. The molecule has 116 valence electrons. The van der Waals surface area contributed by atoms with Gasteiger partial charge in [0.05, 0.1) is 12.5 Å². The van der Waals surface area contributed by atoms with Crippen LogP contribution in [0.25, 0.3) is 0 Å². The molecule has 1 aliphatic heterocycles. The monoisotopic (exact) mass is 308 g/mol. The lowest BCUT2D eigenvalue weighted by Crippen LogP contribution is -2.12. The lowest BCUT2D eigenvalue weighted by Gasteiger charge is -2.06. The normalized spacial score (nSPS) is 11.8. The van der Waals surface area contributed by atoms with E-state index >= 15 is 0 Å². The number of rotatable bonds is 5. The van der Waals surface area contributed by atoms with Gasteiger partial charge in [0.15, 0.2) is 11.5 Å². The minimum atomic E-state index is -0.0456. The number of amides is 1. The highest BCUT2D eigenvalue weighted by atomic mass is 16.7. The Morgan fingerprint density at radius 3 is 2.61 bits per heavy atom. The highest BCUT2D eigenvalue weighted by Crippen LogP contribution is 2.32. The topological polar surface area (TPSA) is 71.4 Å². The highest BCUT2D eigenvalue weighted by molar-refractivity contribution is 5.90. The minimum absolute atomic E-state index is 0.0456. The zero-order valence-corrected chi connectivity index (χ0v) is 12.5. The first-order chi connectivity index (χ1) is 11.2. The van der Waals surface area contributed by atoms with E-state index < -0.39 is 0 Å². The molecule has 0 saturated heterocycles. The number of hydrogen-bond donors (Lipinski definition) is 1. The first-order valence-electron chi connectivity index (χ1n) is 7.39. The fourth-order valence-corrected chi connectivity index (χ4v) is 2.38. The van der Waals surface area contributed by atoms with E-state index in [-0.39, 0.29) is 12.7 Å². The van der Waals surface area contributed by atoms with Crippen LogP contribution >= 0.6 is 0 Å². The van der Waals surface area contributed by atoms with Crippen LogP contribution in [0.4, 0.5) is 5.69 Å². The average molecular weight is 308 g/mol. The lowest BCUT2D eigenvalue weighted by molar-refractivity contribution is -0.116. The summed E-state index contributed by atoms with van der Waals surface area (Å²) in [7, 11) is 0. The maximum absolute atomic E-state index is 12.0. The molecular formula is C18H16N2O3. The highest BCUT2D eigenvalue weighted by Gasteiger charge is 2.13. The van der Waals surface area contributed by atoms with Crippen molar-refractivity contribution in [2.75, 3.05) is 12.1 Å². The van der Waals surface area contributed by atoms with Gasteiger partial charge >= 0.3 is 0 Å². The van der Waals surface area contributed by atoms with Crippen molar-refractivity contribution in [3.05, 3.63) is 53.6 Å². The van der Waals surface area contributed by atoms with Crippen molar-refractivity contribution in [2.24, 2.45) is 0 Å². The smallest absolute Gasteiger partial charge is 0.231 e. The molecule has 1 aliphatic rings. The Labute approximate surface area is 134 Å². The van der Waals surface area contributed by atoms with Crippen LogP contribution in [0.2, 0.25) is 0 Å². The number of nitrogens with zero attached hydrogens (tertiary/aromatic N) is 1. The number of carbonyl (C=O) groups is 1. The molecule has 0 atom stereocenters. The number of nitrogens with one attached hydrogen (secondary N) is 1. The molecule has 0 radical (unpaired) electrons. The largest absolute Gasteiger partial charge is 0.454 e. The summed E-state index contributed by atoms with van der Waals surface area (Å²) in [5.41, 5.74) is 2.71. The molecule has 0 aromatic heterocycles. The number of carbonyl (C=O) groups excluding carboxylic acids is 1. The van der Waals surface area contributed by atoms with Crippen molar-refractivity contribution >= 4 is 11.6 Å². The van der Waals surface area contributed by atoms with Gasteiger partial charge in [-0.1, -0.05) is 18.2 Å².